The summed E-state index contributed by atoms with van der Waals surface area (Å²) in [5.41, 5.74) is 0. The molecule has 0 fully saturated rings. The Kier molecular flexibility index (Phi) is 20.5. The third-order valence-electron chi connectivity index (χ3n) is 6.58. The smallest absolute Gasteiger partial charge is 0.307 e. The molecule has 0 spiro atoms. The molecule has 0 aromatic rings. The van der Waals surface area contributed by atoms with E-state index in [0.717, 1.165) is 18.8 Å². The zero-order valence-corrected chi connectivity index (χ0v) is 23.4. The van der Waals surface area contributed by atoms with E-state index in [1.165, 1.54) is 96.3 Å². The van der Waals surface area contributed by atoms with Crippen LogP contribution >= 0.6 is 0 Å². The van der Waals surface area contributed by atoms with Gasteiger partial charge in [0.15, 0.2) is 6.10 Å². The highest BCUT2D eigenvalue weighted by Gasteiger charge is 2.24. The van der Waals surface area contributed by atoms with E-state index >= 15 is 0 Å². The molecule has 34 heavy (non-hydrogen) atoms. The number of carboxylic acid groups (broad SMARTS) is 1. The van der Waals surface area contributed by atoms with E-state index in [0.29, 0.717) is 17.4 Å². The Bertz CT molecular complexity index is 501. The van der Waals surface area contributed by atoms with Gasteiger partial charge in [-0.3, -0.25) is 9.59 Å². The molecule has 0 bridgehead atoms. The quantitative estimate of drug-likeness (QED) is 0.0863. The summed E-state index contributed by atoms with van der Waals surface area (Å²) in [7, 11) is 5.92. The number of esters is 1. The van der Waals surface area contributed by atoms with Crippen LogP contribution in [0.2, 0.25) is 0 Å². The maximum atomic E-state index is 12.1. The van der Waals surface area contributed by atoms with Crippen LogP contribution in [0.4, 0.5) is 0 Å². The van der Waals surface area contributed by atoms with Crippen LogP contribution in [0.3, 0.4) is 0 Å². The van der Waals surface area contributed by atoms with Crippen LogP contribution in [0, 0.1) is 5.92 Å². The molecule has 2 atom stereocenters. The van der Waals surface area contributed by atoms with Gasteiger partial charge in [-0.1, -0.05) is 117 Å². The van der Waals surface area contributed by atoms with E-state index in [1.54, 1.807) is 0 Å². The van der Waals surface area contributed by atoms with Gasteiger partial charge in [0.25, 0.3) is 0 Å². The monoisotopic (exact) mass is 484 g/mol. The van der Waals surface area contributed by atoms with Crippen LogP contribution in [0.5, 0.6) is 0 Å². The highest BCUT2D eigenvalue weighted by Crippen LogP contribution is 2.18. The maximum Gasteiger partial charge on any atom is 0.307 e. The summed E-state index contributed by atoms with van der Waals surface area (Å²) >= 11 is 0. The molecule has 0 saturated carbocycles. The van der Waals surface area contributed by atoms with Crippen LogP contribution < -0.4 is 0 Å². The van der Waals surface area contributed by atoms with Crippen molar-refractivity contribution < 1.29 is 23.9 Å². The molecule has 0 aliphatic heterocycles. The van der Waals surface area contributed by atoms with Gasteiger partial charge >= 0.3 is 11.9 Å². The van der Waals surface area contributed by atoms with Gasteiger partial charge < -0.3 is 14.3 Å². The summed E-state index contributed by atoms with van der Waals surface area (Å²) in [5.74, 6) is -0.262. The van der Waals surface area contributed by atoms with E-state index < -0.39 is 12.1 Å². The average Bonchev–Trinajstić information content (AvgIpc) is 2.73. The molecular weight excluding hydrogens is 426 g/mol. The predicted octanol–water partition coefficient (Wildman–Crippen LogP) is 7.76. The number of aliphatic carboxylic acids is 1. The van der Waals surface area contributed by atoms with Crippen molar-refractivity contribution in [2.24, 2.45) is 5.92 Å². The number of ether oxygens (including phenoxy) is 1. The molecule has 0 aliphatic carbocycles. The second-order valence-corrected chi connectivity index (χ2v) is 11.6. The van der Waals surface area contributed by atoms with Crippen molar-refractivity contribution in [2.45, 2.75) is 142 Å². The SMILES string of the molecule is CCCCC(C)CCCCCCCCCCCCCCCC(=O)OC(CC(=O)O)C[N+](C)(C)C. The summed E-state index contributed by atoms with van der Waals surface area (Å²) in [6, 6.07) is 0. The maximum absolute atomic E-state index is 12.1. The fourth-order valence-electron chi connectivity index (χ4n) is 4.60. The van der Waals surface area contributed by atoms with Crippen molar-refractivity contribution in [1.82, 2.24) is 0 Å². The molecule has 0 saturated heterocycles. The van der Waals surface area contributed by atoms with Crippen LogP contribution in [-0.4, -0.2) is 55.3 Å². The number of rotatable bonds is 24. The van der Waals surface area contributed by atoms with Crippen molar-refractivity contribution >= 4 is 11.9 Å². The Morgan fingerprint density at radius 3 is 1.62 bits per heavy atom. The molecule has 0 rings (SSSR count). The first-order valence-electron chi connectivity index (χ1n) is 14.4. The standard InChI is InChI=1S/C29H57NO4/c1-6-7-21-26(2)22-19-17-15-13-11-9-8-10-12-14-16-18-20-23-29(33)34-27(24-28(31)32)25-30(3,4)5/h26-27H,6-25H2,1-5H3/p+1. The molecule has 5 nitrogen and oxygen atoms in total. The number of nitrogens with zero attached hydrogens (tertiary/aromatic N) is 1. The van der Waals surface area contributed by atoms with Crippen molar-refractivity contribution in [3.63, 3.8) is 0 Å². The molecule has 0 radical (unpaired) electrons. The number of likely N-dealkylation sites (N-methyl/N-ethyl adjacent to an activating group) is 1. The predicted molar refractivity (Wildman–Crippen MR) is 143 cm³/mol. The minimum Gasteiger partial charge on any atom is -0.481 e. The third-order valence-corrected chi connectivity index (χ3v) is 6.58. The summed E-state index contributed by atoms with van der Waals surface area (Å²) in [6.07, 6.45) is 22.0. The van der Waals surface area contributed by atoms with E-state index in [-0.39, 0.29) is 12.4 Å². The molecule has 5 heteroatoms. The van der Waals surface area contributed by atoms with Gasteiger partial charge in [0.05, 0.1) is 27.6 Å². The second kappa shape index (κ2) is 21.2. The molecular formula is C29H58NO4+. The van der Waals surface area contributed by atoms with Crippen molar-refractivity contribution in [2.75, 3.05) is 27.7 Å². The summed E-state index contributed by atoms with van der Waals surface area (Å²) in [5, 5.41) is 9.04. The van der Waals surface area contributed by atoms with E-state index in [1.807, 2.05) is 21.1 Å². The van der Waals surface area contributed by atoms with Gasteiger partial charge in [-0.05, 0) is 12.3 Å². The lowest BCUT2D eigenvalue weighted by Crippen LogP contribution is -2.43. The van der Waals surface area contributed by atoms with Crippen molar-refractivity contribution in [1.29, 1.82) is 0 Å². The third kappa shape index (κ3) is 24.0. The largest absolute Gasteiger partial charge is 0.481 e. The lowest BCUT2D eigenvalue weighted by Gasteiger charge is -2.28. The lowest BCUT2D eigenvalue weighted by molar-refractivity contribution is -0.873. The molecule has 0 amide bonds. The number of carboxylic acids is 1. The Labute approximate surface area is 211 Å². The Morgan fingerprint density at radius 2 is 1.18 bits per heavy atom. The fourth-order valence-corrected chi connectivity index (χ4v) is 4.60. The molecule has 0 heterocycles. The number of carbonyl (C=O) groups is 2. The molecule has 0 aromatic carbocycles. The van der Waals surface area contributed by atoms with Gasteiger partial charge in [-0.25, -0.2) is 0 Å². The number of hydrogen-bond acceptors (Lipinski definition) is 3. The number of carbonyl (C=O) groups excluding carboxylic acids is 1. The van der Waals surface area contributed by atoms with Gasteiger partial charge in [0.1, 0.15) is 6.54 Å². The number of unbranched alkanes of at least 4 members (excludes halogenated alkanes) is 13. The molecule has 0 aliphatic rings. The summed E-state index contributed by atoms with van der Waals surface area (Å²) in [6.45, 7) is 5.21. The van der Waals surface area contributed by atoms with Gasteiger partial charge in [-0.2, -0.15) is 0 Å². The Morgan fingerprint density at radius 1 is 0.735 bits per heavy atom. The zero-order chi connectivity index (χ0) is 25.7. The Hall–Kier alpha value is -1.10. The normalized spacial score (nSPS) is 13.6. The minimum atomic E-state index is -0.922. The number of hydrogen-bond donors (Lipinski definition) is 1. The summed E-state index contributed by atoms with van der Waals surface area (Å²) in [4.78, 5) is 23.1. The average molecular weight is 485 g/mol. The van der Waals surface area contributed by atoms with Crippen molar-refractivity contribution in [3.05, 3.63) is 0 Å². The van der Waals surface area contributed by atoms with Crippen molar-refractivity contribution in [3.8, 4) is 0 Å². The van der Waals surface area contributed by atoms with Gasteiger partial charge in [-0.15, -0.1) is 0 Å². The topological polar surface area (TPSA) is 63.6 Å². The molecule has 2 unspecified atom stereocenters. The van der Waals surface area contributed by atoms with E-state index in [9.17, 15) is 9.59 Å². The van der Waals surface area contributed by atoms with Crippen LogP contribution in [0.1, 0.15) is 136 Å². The van der Waals surface area contributed by atoms with Crippen LogP contribution in [0.15, 0.2) is 0 Å². The highest BCUT2D eigenvalue weighted by atomic mass is 16.5. The van der Waals surface area contributed by atoms with Crippen LogP contribution in [0.25, 0.3) is 0 Å². The highest BCUT2D eigenvalue weighted by molar-refractivity contribution is 5.71. The Balaban J connectivity index is 3.51. The fraction of sp³-hybridized carbons (Fsp3) is 0.931. The summed E-state index contributed by atoms with van der Waals surface area (Å²) < 4.78 is 6.01. The second-order valence-electron chi connectivity index (χ2n) is 11.6. The van der Waals surface area contributed by atoms with Gasteiger partial charge in [0.2, 0.25) is 0 Å². The zero-order valence-electron chi connectivity index (χ0n) is 23.4. The molecule has 202 valence electrons. The first kappa shape index (κ1) is 32.9. The molecule has 0 aromatic heterocycles. The van der Waals surface area contributed by atoms with Gasteiger partial charge in [0, 0.05) is 6.42 Å². The van der Waals surface area contributed by atoms with E-state index in [4.69, 9.17) is 9.84 Å². The lowest BCUT2D eigenvalue weighted by atomic mass is 9.97. The van der Waals surface area contributed by atoms with E-state index in [2.05, 4.69) is 13.8 Å². The van der Waals surface area contributed by atoms with Crippen LogP contribution in [-0.2, 0) is 14.3 Å². The first-order chi connectivity index (χ1) is 16.1. The molecule has 1 N–H and O–H groups in total. The first-order valence-corrected chi connectivity index (χ1v) is 14.4. The number of quaternary nitrogens is 1. The minimum absolute atomic E-state index is 0.125.